The van der Waals surface area contributed by atoms with Gasteiger partial charge in [0.2, 0.25) is 0 Å². The second kappa shape index (κ2) is 8.26. The third-order valence-electron chi connectivity index (χ3n) is 4.50. The highest BCUT2D eigenvalue weighted by molar-refractivity contribution is 7.90. The van der Waals surface area contributed by atoms with Crippen LogP contribution in [0.25, 0.3) is 10.9 Å². The lowest BCUT2D eigenvalue weighted by atomic mass is 10.1. The maximum atomic E-state index is 12.1. The van der Waals surface area contributed by atoms with Crippen molar-refractivity contribution in [2.45, 2.75) is 18.2 Å². The van der Waals surface area contributed by atoms with Crippen molar-refractivity contribution in [3.63, 3.8) is 0 Å². The molecule has 0 aliphatic carbocycles. The van der Waals surface area contributed by atoms with Crippen LogP contribution in [0.1, 0.15) is 11.1 Å². The van der Waals surface area contributed by atoms with Crippen LogP contribution in [0.4, 0.5) is 5.69 Å². The van der Waals surface area contributed by atoms with Gasteiger partial charge in [-0.15, -0.1) is 0 Å². The molecule has 0 unspecified atom stereocenters. The van der Waals surface area contributed by atoms with Crippen molar-refractivity contribution in [2.24, 2.45) is 0 Å². The Kier molecular flexibility index (Phi) is 5.95. The van der Waals surface area contributed by atoms with Gasteiger partial charge < -0.3 is 15.6 Å². The number of sulfone groups is 1. The van der Waals surface area contributed by atoms with Crippen LogP contribution in [0, 0.1) is 6.92 Å². The molecule has 0 saturated carbocycles. The minimum atomic E-state index is -3.47. The van der Waals surface area contributed by atoms with E-state index in [1.807, 2.05) is 31.3 Å². The summed E-state index contributed by atoms with van der Waals surface area (Å²) in [6.07, 6.45) is 3.48. The number of anilines is 1. The van der Waals surface area contributed by atoms with Gasteiger partial charge in [0.05, 0.1) is 15.6 Å². The number of rotatable bonds is 5. The van der Waals surface area contributed by atoms with Crippen LogP contribution in [0.5, 0.6) is 0 Å². The number of hydrogen-bond donors (Lipinski definition) is 3. The Labute approximate surface area is 173 Å². The maximum Gasteiger partial charge on any atom is 0.313 e. The van der Waals surface area contributed by atoms with Crippen LogP contribution in [0.3, 0.4) is 0 Å². The van der Waals surface area contributed by atoms with Gasteiger partial charge in [-0.05, 0) is 48.7 Å². The van der Waals surface area contributed by atoms with Crippen molar-refractivity contribution in [2.75, 3.05) is 18.1 Å². The van der Waals surface area contributed by atoms with E-state index in [9.17, 15) is 18.0 Å². The Bertz CT molecular complexity index is 1200. The fraction of sp³-hybridized carbons (Fsp3) is 0.200. The minimum Gasteiger partial charge on any atom is -0.361 e. The van der Waals surface area contributed by atoms with Crippen molar-refractivity contribution in [3.05, 3.63) is 58.7 Å². The molecule has 1 aromatic heterocycles. The molecule has 0 fully saturated rings. The number of nitrogens with one attached hydrogen (secondary N) is 3. The summed E-state index contributed by atoms with van der Waals surface area (Å²) in [6.45, 7) is 2.28. The number of aryl methyl sites for hydroxylation is 1. The number of fused-ring (bicyclic) bond motifs is 1. The molecule has 2 amide bonds. The Morgan fingerprint density at radius 2 is 1.90 bits per heavy atom. The number of carbonyl (C=O) groups excluding carboxylic acids is 2. The topological polar surface area (TPSA) is 108 Å². The zero-order valence-electron chi connectivity index (χ0n) is 15.9. The van der Waals surface area contributed by atoms with Crippen LogP contribution in [-0.4, -0.2) is 38.0 Å². The molecular weight excluding hydrogens is 414 g/mol. The van der Waals surface area contributed by atoms with E-state index < -0.39 is 21.7 Å². The van der Waals surface area contributed by atoms with Gasteiger partial charge in [0.25, 0.3) is 0 Å². The average Bonchev–Trinajstić information content (AvgIpc) is 3.07. The van der Waals surface area contributed by atoms with E-state index in [-0.39, 0.29) is 22.2 Å². The molecule has 3 N–H and O–H groups in total. The molecule has 2 aromatic carbocycles. The number of hydrogen-bond acceptors (Lipinski definition) is 4. The fourth-order valence-electron chi connectivity index (χ4n) is 3.05. The molecule has 9 heteroatoms. The molecule has 7 nitrogen and oxygen atoms in total. The number of halogens is 1. The zero-order chi connectivity index (χ0) is 21.2. The Morgan fingerprint density at radius 3 is 2.62 bits per heavy atom. The normalized spacial score (nSPS) is 11.4. The predicted molar refractivity (Wildman–Crippen MR) is 113 cm³/mol. The van der Waals surface area contributed by atoms with Crippen molar-refractivity contribution in [3.8, 4) is 0 Å². The summed E-state index contributed by atoms with van der Waals surface area (Å²) in [5.41, 5.74) is 3.25. The summed E-state index contributed by atoms with van der Waals surface area (Å²) in [7, 11) is -3.47. The van der Waals surface area contributed by atoms with E-state index in [0.29, 0.717) is 6.42 Å². The molecule has 0 atom stereocenters. The van der Waals surface area contributed by atoms with Gasteiger partial charge in [0.1, 0.15) is 0 Å². The average molecular weight is 434 g/mol. The van der Waals surface area contributed by atoms with E-state index in [2.05, 4.69) is 15.6 Å². The van der Waals surface area contributed by atoms with Crippen molar-refractivity contribution in [1.29, 1.82) is 0 Å². The summed E-state index contributed by atoms with van der Waals surface area (Å²) in [6, 6.07) is 9.86. The first kappa shape index (κ1) is 20.9. The first-order valence-electron chi connectivity index (χ1n) is 8.81. The van der Waals surface area contributed by atoms with Crippen molar-refractivity contribution in [1.82, 2.24) is 10.3 Å². The number of aromatic amines is 1. The monoisotopic (exact) mass is 433 g/mol. The third-order valence-corrected chi connectivity index (χ3v) is 5.94. The van der Waals surface area contributed by atoms with Gasteiger partial charge in [0.15, 0.2) is 9.84 Å². The number of carbonyl (C=O) groups is 2. The highest BCUT2D eigenvalue weighted by Crippen LogP contribution is 2.25. The summed E-state index contributed by atoms with van der Waals surface area (Å²) >= 11 is 5.99. The fourth-order valence-corrected chi connectivity index (χ4v) is 3.86. The molecular formula is C20H20ClN3O4S. The quantitative estimate of drug-likeness (QED) is 0.537. The molecule has 0 spiro atoms. The Balaban J connectivity index is 1.62. The number of benzene rings is 2. The standard InChI is InChI=1S/C20H20ClN3O4S/c1-12-4-3-5-16-18(12)13(11-23-16)8-9-22-19(25)20(26)24-17-10-14(29(2,27)28)6-7-15(17)21/h3-7,10-11,23H,8-9H2,1-2H3,(H,22,25)(H,24,26). The largest absolute Gasteiger partial charge is 0.361 e. The van der Waals surface area contributed by atoms with Crippen LogP contribution in [0.15, 0.2) is 47.5 Å². The van der Waals surface area contributed by atoms with Crippen LogP contribution in [-0.2, 0) is 25.8 Å². The van der Waals surface area contributed by atoms with Crippen LogP contribution < -0.4 is 10.6 Å². The molecule has 0 aliphatic rings. The highest BCUT2D eigenvalue weighted by atomic mass is 35.5. The van der Waals surface area contributed by atoms with E-state index >= 15 is 0 Å². The minimum absolute atomic E-state index is 0.00712. The van der Waals surface area contributed by atoms with Gasteiger partial charge in [-0.1, -0.05) is 23.7 Å². The van der Waals surface area contributed by atoms with E-state index in [0.717, 1.165) is 28.3 Å². The van der Waals surface area contributed by atoms with Crippen molar-refractivity contribution < 1.29 is 18.0 Å². The maximum absolute atomic E-state index is 12.1. The molecule has 3 aromatic rings. The first-order chi connectivity index (χ1) is 13.7. The van der Waals surface area contributed by atoms with Crippen LogP contribution >= 0.6 is 11.6 Å². The lowest BCUT2D eigenvalue weighted by Crippen LogP contribution is -2.36. The van der Waals surface area contributed by atoms with Gasteiger partial charge in [-0.25, -0.2) is 8.42 Å². The number of amides is 2. The number of H-pyrrole nitrogens is 1. The molecule has 0 radical (unpaired) electrons. The molecule has 0 saturated heterocycles. The van der Waals surface area contributed by atoms with E-state index in [1.54, 1.807) is 0 Å². The Morgan fingerprint density at radius 1 is 1.14 bits per heavy atom. The first-order valence-corrected chi connectivity index (χ1v) is 11.1. The summed E-state index contributed by atoms with van der Waals surface area (Å²) in [5, 5.41) is 6.15. The molecule has 3 rings (SSSR count). The van der Waals surface area contributed by atoms with Gasteiger partial charge in [-0.3, -0.25) is 9.59 Å². The van der Waals surface area contributed by atoms with Gasteiger partial charge in [0, 0.05) is 29.9 Å². The summed E-state index contributed by atoms with van der Waals surface area (Å²) in [4.78, 5) is 27.4. The zero-order valence-corrected chi connectivity index (χ0v) is 17.4. The van der Waals surface area contributed by atoms with E-state index in [4.69, 9.17) is 11.6 Å². The predicted octanol–water partition coefficient (Wildman–Crippen LogP) is 2.83. The highest BCUT2D eigenvalue weighted by Gasteiger charge is 2.17. The summed E-state index contributed by atoms with van der Waals surface area (Å²) in [5.74, 6) is -1.75. The lowest BCUT2D eigenvalue weighted by molar-refractivity contribution is -0.136. The molecule has 1 heterocycles. The second-order valence-electron chi connectivity index (χ2n) is 6.69. The third kappa shape index (κ3) is 4.78. The Hall–Kier alpha value is -2.84. The molecule has 0 bridgehead atoms. The van der Waals surface area contributed by atoms with Gasteiger partial charge >= 0.3 is 11.8 Å². The lowest BCUT2D eigenvalue weighted by Gasteiger charge is -2.09. The smallest absolute Gasteiger partial charge is 0.313 e. The van der Waals surface area contributed by atoms with Crippen LogP contribution in [0.2, 0.25) is 5.02 Å². The second-order valence-corrected chi connectivity index (χ2v) is 9.11. The molecule has 152 valence electrons. The summed E-state index contributed by atoms with van der Waals surface area (Å²) < 4.78 is 23.3. The van der Waals surface area contributed by atoms with Crippen molar-refractivity contribution >= 4 is 49.8 Å². The van der Waals surface area contributed by atoms with Gasteiger partial charge in [-0.2, -0.15) is 0 Å². The molecule has 29 heavy (non-hydrogen) atoms. The number of aromatic nitrogens is 1. The SMILES string of the molecule is Cc1cccc2[nH]cc(CCNC(=O)C(=O)Nc3cc(S(C)(=O)=O)ccc3Cl)c12. The van der Waals surface area contributed by atoms with E-state index in [1.165, 1.54) is 18.2 Å². The molecule has 0 aliphatic heterocycles.